The second-order valence-corrected chi connectivity index (χ2v) is 7.68. The second-order valence-electron chi connectivity index (χ2n) is 6.60. The predicted molar refractivity (Wildman–Crippen MR) is 107 cm³/mol. The molecule has 0 radical (unpaired) electrons. The number of likely N-dealkylation sites (tertiary alicyclic amines) is 1. The molecule has 1 aromatic heterocycles. The van der Waals surface area contributed by atoms with E-state index in [1.165, 1.54) is 17.4 Å². The van der Waals surface area contributed by atoms with Crippen LogP contribution in [-0.2, 0) is 9.59 Å². The number of rotatable bonds is 4. The van der Waals surface area contributed by atoms with Gasteiger partial charge in [-0.05, 0) is 55.2 Å². The third-order valence-electron chi connectivity index (χ3n) is 4.85. The number of nitrogens with one attached hydrogen (secondary N) is 1. The van der Waals surface area contributed by atoms with Gasteiger partial charge in [-0.15, -0.1) is 11.3 Å². The van der Waals surface area contributed by atoms with Crippen LogP contribution >= 0.6 is 11.3 Å². The molecule has 0 unspecified atom stereocenters. The fraction of sp³-hybridized carbons (Fsp3) is 0.286. The topological polar surface area (TPSA) is 73.2 Å². The Labute approximate surface area is 162 Å². The van der Waals surface area contributed by atoms with Gasteiger partial charge < -0.3 is 10.2 Å². The maximum atomic E-state index is 12.7. The molecule has 3 rings (SSSR count). The number of thiophene rings is 1. The van der Waals surface area contributed by atoms with Gasteiger partial charge in [0.15, 0.2) is 0 Å². The molecule has 6 heteroatoms. The SMILES string of the molecule is C=CC(=O)N1CCC(C(=O)Nc2cc(-c3ccc(C#N)s3)ccc2C)CC1. The molecule has 1 saturated heterocycles. The fourth-order valence-electron chi connectivity index (χ4n) is 3.19. The molecule has 0 atom stereocenters. The van der Waals surface area contributed by atoms with E-state index in [-0.39, 0.29) is 17.7 Å². The standard InChI is InChI=1S/C21H21N3O2S/c1-3-20(25)24-10-8-15(9-11-24)21(26)23-18-12-16(5-4-14(18)2)19-7-6-17(13-22)27-19/h3-7,12,15H,1,8-11H2,2H3,(H,23,26). The molecule has 0 spiro atoms. The molecule has 1 aliphatic rings. The summed E-state index contributed by atoms with van der Waals surface area (Å²) >= 11 is 1.43. The molecule has 2 aromatic rings. The monoisotopic (exact) mass is 379 g/mol. The third-order valence-corrected chi connectivity index (χ3v) is 5.89. The van der Waals surface area contributed by atoms with Crippen molar-refractivity contribution >= 4 is 28.8 Å². The zero-order chi connectivity index (χ0) is 19.4. The summed E-state index contributed by atoms with van der Waals surface area (Å²) in [6, 6.07) is 11.8. The summed E-state index contributed by atoms with van der Waals surface area (Å²) in [5.41, 5.74) is 2.76. The molecule has 0 aliphatic carbocycles. The quantitative estimate of drug-likeness (QED) is 0.817. The van der Waals surface area contributed by atoms with Crippen molar-refractivity contribution < 1.29 is 9.59 Å². The second kappa shape index (κ2) is 8.19. The summed E-state index contributed by atoms with van der Waals surface area (Å²) in [5.74, 6) is -0.191. The van der Waals surface area contributed by atoms with Crippen molar-refractivity contribution in [1.82, 2.24) is 4.90 Å². The number of hydrogen-bond donors (Lipinski definition) is 1. The van der Waals surface area contributed by atoms with Crippen LogP contribution in [0.4, 0.5) is 5.69 Å². The Hall–Kier alpha value is -2.91. The maximum absolute atomic E-state index is 12.7. The Balaban J connectivity index is 1.69. The summed E-state index contributed by atoms with van der Waals surface area (Å²) in [4.78, 5) is 27.7. The zero-order valence-electron chi connectivity index (χ0n) is 15.2. The van der Waals surface area contributed by atoms with Crippen molar-refractivity contribution in [2.75, 3.05) is 18.4 Å². The number of carbonyl (C=O) groups excluding carboxylic acids is 2. The van der Waals surface area contributed by atoms with Gasteiger partial charge in [0.2, 0.25) is 11.8 Å². The molecule has 0 saturated carbocycles. The summed E-state index contributed by atoms with van der Waals surface area (Å²) in [6.45, 7) is 6.62. The van der Waals surface area contributed by atoms with Crippen molar-refractivity contribution in [3.63, 3.8) is 0 Å². The molecule has 1 aliphatic heterocycles. The number of nitrogens with zero attached hydrogens (tertiary/aromatic N) is 2. The molecular formula is C21H21N3O2S. The lowest BCUT2D eigenvalue weighted by atomic mass is 9.95. The van der Waals surface area contributed by atoms with Crippen molar-refractivity contribution in [3.05, 3.63) is 53.4 Å². The van der Waals surface area contributed by atoms with E-state index >= 15 is 0 Å². The molecule has 1 N–H and O–H groups in total. The summed E-state index contributed by atoms with van der Waals surface area (Å²) < 4.78 is 0. The van der Waals surface area contributed by atoms with Gasteiger partial charge in [-0.3, -0.25) is 9.59 Å². The maximum Gasteiger partial charge on any atom is 0.245 e. The number of piperidine rings is 1. The zero-order valence-corrected chi connectivity index (χ0v) is 16.0. The molecule has 1 aromatic carbocycles. The highest BCUT2D eigenvalue weighted by Crippen LogP contribution is 2.31. The van der Waals surface area contributed by atoms with Gasteiger partial charge in [0.05, 0.1) is 0 Å². The van der Waals surface area contributed by atoms with Crippen LogP contribution in [0.2, 0.25) is 0 Å². The van der Waals surface area contributed by atoms with Crippen LogP contribution in [0.5, 0.6) is 0 Å². The number of aryl methyl sites for hydroxylation is 1. The fourth-order valence-corrected chi connectivity index (χ4v) is 3.99. The highest BCUT2D eigenvalue weighted by molar-refractivity contribution is 7.16. The molecule has 0 bridgehead atoms. The smallest absolute Gasteiger partial charge is 0.245 e. The lowest BCUT2D eigenvalue weighted by Gasteiger charge is -2.30. The van der Waals surface area contributed by atoms with Gasteiger partial charge in [-0.2, -0.15) is 5.26 Å². The average molecular weight is 379 g/mol. The van der Waals surface area contributed by atoms with E-state index in [0.29, 0.717) is 30.8 Å². The minimum atomic E-state index is -0.103. The van der Waals surface area contributed by atoms with Gasteiger partial charge in [0, 0.05) is 29.6 Å². The van der Waals surface area contributed by atoms with Crippen LogP contribution in [0.25, 0.3) is 10.4 Å². The molecule has 2 heterocycles. The van der Waals surface area contributed by atoms with Crippen LogP contribution in [0.3, 0.4) is 0 Å². The first-order valence-electron chi connectivity index (χ1n) is 8.85. The van der Waals surface area contributed by atoms with E-state index in [0.717, 1.165) is 21.7 Å². The van der Waals surface area contributed by atoms with Crippen LogP contribution in [0, 0.1) is 24.2 Å². The first-order chi connectivity index (χ1) is 13.0. The Kier molecular flexibility index (Phi) is 5.72. The Morgan fingerprint density at radius 1 is 1.30 bits per heavy atom. The van der Waals surface area contributed by atoms with Crippen molar-refractivity contribution in [2.24, 2.45) is 5.92 Å². The first kappa shape index (κ1) is 18.9. The van der Waals surface area contributed by atoms with Gasteiger partial charge in [-0.1, -0.05) is 18.7 Å². The van der Waals surface area contributed by atoms with E-state index in [2.05, 4.69) is 18.0 Å². The molecule has 1 fully saturated rings. The highest BCUT2D eigenvalue weighted by Gasteiger charge is 2.26. The average Bonchev–Trinajstić information content (AvgIpc) is 3.18. The molecule has 5 nitrogen and oxygen atoms in total. The van der Waals surface area contributed by atoms with E-state index in [9.17, 15) is 9.59 Å². The number of amides is 2. The van der Waals surface area contributed by atoms with E-state index in [4.69, 9.17) is 5.26 Å². The van der Waals surface area contributed by atoms with Crippen LogP contribution in [-0.4, -0.2) is 29.8 Å². The number of carbonyl (C=O) groups is 2. The molecule has 27 heavy (non-hydrogen) atoms. The summed E-state index contributed by atoms with van der Waals surface area (Å²) in [6.07, 6.45) is 2.62. The summed E-state index contributed by atoms with van der Waals surface area (Å²) in [7, 11) is 0. The van der Waals surface area contributed by atoms with E-state index in [1.807, 2.05) is 31.2 Å². The number of anilines is 1. The van der Waals surface area contributed by atoms with Crippen molar-refractivity contribution in [1.29, 1.82) is 5.26 Å². The Bertz CT molecular complexity index is 918. The van der Waals surface area contributed by atoms with Gasteiger partial charge in [-0.25, -0.2) is 0 Å². The van der Waals surface area contributed by atoms with Crippen LogP contribution in [0.15, 0.2) is 43.0 Å². The van der Waals surface area contributed by atoms with Crippen molar-refractivity contribution in [2.45, 2.75) is 19.8 Å². The minimum absolute atomic E-state index is 0.00940. The molecule has 138 valence electrons. The predicted octanol–water partition coefficient (Wildman–Crippen LogP) is 3.96. The number of benzene rings is 1. The van der Waals surface area contributed by atoms with Crippen LogP contribution in [0.1, 0.15) is 23.3 Å². The molecular weight excluding hydrogens is 358 g/mol. The lowest BCUT2D eigenvalue weighted by molar-refractivity contribution is -0.130. The number of hydrogen-bond acceptors (Lipinski definition) is 4. The minimum Gasteiger partial charge on any atom is -0.339 e. The van der Waals surface area contributed by atoms with Gasteiger partial charge >= 0.3 is 0 Å². The van der Waals surface area contributed by atoms with Crippen molar-refractivity contribution in [3.8, 4) is 16.5 Å². The largest absolute Gasteiger partial charge is 0.339 e. The summed E-state index contributed by atoms with van der Waals surface area (Å²) in [5, 5.41) is 12.0. The van der Waals surface area contributed by atoms with E-state index < -0.39 is 0 Å². The lowest BCUT2D eigenvalue weighted by Crippen LogP contribution is -2.40. The third kappa shape index (κ3) is 4.26. The number of nitriles is 1. The highest BCUT2D eigenvalue weighted by atomic mass is 32.1. The van der Waals surface area contributed by atoms with Gasteiger partial charge in [0.25, 0.3) is 0 Å². The van der Waals surface area contributed by atoms with E-state index in [1.54, 1.807) is 11.0 Å². The Morgan fingerprint density at radius 2 is 2.04 bits per heavy atom. The normalized spacial score (nSPS) is 14.4. The first-order valence-corrected chi connectivity index (χ1v) is 9.66. The van der Waals surface area contributed by atoms with Crippen LogP contribution < -0.4 is 5.32 Å². The Morgan fingerprint density at radius 3 is 2.67 bits per heavy atom. The molecule has 2 amide bonds. The van der Waals surface area contributed by atoms with Gasteiger partial charge in [0.1, 0.15) is 10.9 Å².